The summed E-state index contributed by atoms with van der Waals surface area (Å²) in [4.78, 5) is 7.22. The van der Waals surface area contributed by atoms with Crippen molar-refractivity contribution >= 4 is 44.1 Å². The van der Waals surface area contributed by atoms with E-state index >= 15 is 0 Å². The molecule has 0 spiro atoms. The fourth-order valence-electron chi connectivity index (χ4n) is 3.56. The molecule has 0 atom stereocenters. The van der Waals surface area contributed by atoms with Crippen LogP contribution in [0, 0.1) is 5.82 Å². The van der Waals surface area contributed by atoms with Crippen LogP contribution in [0.2, 0.25) is 10.0 Å². The van der Waals surface area contributed by atoms with Gasteiger partial charge in [-0.15, -0.1) is 13.2 Å². The van der Waals surface area contributed by atoms with Gasteiger partial charge in [0.05, 0.1) is 26.2 Å². The highest BCUT2D eigenvalue weighted by Crippen LogP contribution is 2.44. The second kappa shape index (κ2) is 9.33. The SMILES string of the molecule is CCS(=O)(=O)c1ccc(Cc2nc3c(Cl)c(-c4ccccc4OC(F)(F)F)c(Cl)cc3[nH]2)c(F)c1. The zero-order valence-electron chi connectivity index (χ0n) is 17.9. The molecule has 0 aliphatic rings. The van der Waals surface area contributed by atoms with Crippen molar-refractivity contribution in [3.05, 3.63) is 75.8 Å². The number of hydrogen-bond donors (Lipinski definition) is 1. The van der Waals surface area contributed by atoms with Crippen LogP contribution >= 0.6 is 23.2 Å². The predicted octanol–water partition coefficient (Wildman–Crippen LogP) is 6.96. The van der Waals surface area contributed by atoms with E-state index < -0.39 is 27.8 Å². The van der Waals surface area contributed by atoms with Crippen molar-refractivity contribution < 1.29 is 30.7 Å². The Morgan fingerprint density at radius 1 is 1.09 bits per heavy atom. The molecule has 0 amide bonds. The Hall–Kier alpha value is -2.82. The van der Waals surface area contributed by atoms with Crippen molar-refractivity contribution in [1.29, 1.82) is 0 Å². The lowest BCUT2D eigenvalue weighted by atomic mass is 10.0. The molecule has 1 heterocycles. The van der Waals surface area contributed by atoms with Crippen LogP contribution in [0.5, 0.6) is 5.75 Å². The predicted molar refractivity (Wildman–Crippen MR) is 125 cm³/mol. The first-order valence-corrected chi connectivity index (χ1v) is 12.5. The van der Waals surface area contributed by atoms with Crippen LogP contribution < -0.4 is 4.74 Å². The van der Waals surface area contributed by atoms with Gasteiger partial charge < -0.3 is 9.72 Å². The minimum Gasteiger partial charge on any atom is -0.405 e. The number of H-pyrrole nitrogens is 1. The van der Waals surface area contributed by atoms with Crippen LogP contribution in [0.4, 0.5) is 17.6 Å². The summed E-state index contributed by atoms with van der Waals surface area (Å²) in [6.45, 7) is 1.46. The fraction of sp³-hybridized carbons (Fsp3) is 0.174. The standard InChI is InChI=1S/C23H16Cl2F4N2O3S/c1-2-35(32,33)13-8-7-12(16(26)10-13)9-19-30-17-11-15(24)20(21(25)22(17)31-19)14-5-3-4-6-18(14)34-23(27,28)29/h3-8,10-11H,2,9H2,1H3,(H,30,31). The van der Waals surface area contributed by atoms with E-state index in [9.17, 15) is 26.0 Å². The monoisotopic (exact) mass is 546 g/mol. The first-order chi connectivity index (χ1) is 16.4. The summed E-state index contributed by atoms with van der Waals surface area (Å²) in [5.74, 6) is -1.07. The van der Waals surface area contributed by atoms with Crippen molar-refractivity contribution in [1.82, 2.24) is 9.97 Å². The van der Waals surface area contributed by atoms with Gasteiger partial charge in [-0.3, -0.25) is 0 Å². The number of aromatic nitrogens is 2. The molecule has 1 N–H and O–H groups in total. The van der Waals surface area contributed by atoms with Crippen LogP contribution in [0.15, 0.2) is 53.4 Å². The number of rotatable bonds is 6. The Morgan fingerprint density at radius 3 is 2.46 bits per heavy atom. The number of halogens is 6. The number of ether oxygens (including phenoxy) is 1. The van der Waals surface area contributed by atoms with Gasteiger partial charge in [0.2, 0.25) is 0 Å². The van der Waals surface area contributed by atoms with E-state index in [0.717, 1.165) is 12.1 Å². The van der Waals surface area contributed by atoms with E-state index in [1.807, 2.05) is 0 Å². The van der Waals surface area contributed by atoms with Gasteiger partial charge in [0.1, 0.15) is 22.9 Å². The molecule has 0 radical (unpaired) electrons. The third kappa shape index (κ3) is 5.24. The lowest BCUT2D eigenvalue weighted by molar-refractivity contribution is -0.274. The molecular formula is C23H16Cl2F4N2O3S. The molecule has 0 aliphatic heterocycles. The normalized spacial score (nSPS) is 12.3. The summed E-state index contributed by atoms with van der Waals surface area (Å²) < 4.78 is 81.3. The Balaban J connectivity index is 1.74. The first-order valence-electron chi connectivity index (χ1n) is 10.1. The van der Waals surface area contributed by atoms with Crippen molar-refractivity contribution in [2.75, 3.05) is 5.75 Å². The van der Waals surface area contributed by atoms with Gasteiger partial charge in [-0.25, -0.2) is 17.8 Å². The van der Waals surface area contributed by atoms with Crippen LogP contribution in [-0.2, 0) is 16.3 Å². The molecule has 1 aromatic heterocycles. The van der Waals surface area contributed by atoms with Gasteiger partial charge in [0, 0.05) is 17.5 Å². The Bertz CT molecular complexity index is 1540. The summed E-state index contributed by atoms with van der Waals surface area (Å²) in [7, 11) is -3.56. The van der Waals surface area contributed by atoms with Gasteiger partial charge in [-0.05, 0) is 29.8 Å². The summed E-state index contributed by atoms with van der Waals surface area (Å²) in [5.41, 5.74) is 0.904. The van der Waals surface area contributed by atoms with E-state index in [-0.39, 0.29) is 49.3 Å². The Morgan fingerprint density at radius 2 is 1.80 bits per heavy atom. The maximum absolute atomic E-state index is 14.6. The molecule has 4 rings (SSSR count). The third-order valence-electron chi connectivity index (χ3n) is 5.22. The van der Waals surface area contributed by atoms with E-state index in [4.69, 9.17) is 23.2 Å². The molecule has 12 heteroatoms. The summed E-state index contributed by atoms with van der Waals surface area (Å²) in [5, 5.41) is 0.0364. The van der Waals surface area contributed by atoms with E-state index in [1.54, 1.807) is 0 Å². The molecule has 184 valence electrons. The molecule has 35 heavy (non-hydrogen) atoms. The van der Waals surface area contributed by atoms with Gasteiger partial charge in [0.25, 0.3) is 0 Å². The lowest BCUT2D eigenvalue weighted by Gasteiger charge is -2.15. The molecule has 4 aromatic rings. The summed E-state index contributed by atoms with van der Waals surface area (Å²) >= 11 is 12.9. The Labute approximate surface area is 207 Å². The van der Waals surface area contributed by atoms with Crippen LogP contribution in [0.25, 0.3) is 22.2 Å². The van der Waals surface area contributed by atoms with Crippen LogP contribution in [-0.4, -0.2) is 30.5 Å². The first kappa shape index (κ1) is 25.3. The molecule has 0 unspecified atom stereocenters. The topological polar surface area (TPSA) is 72.1 Å². The minimum absolute atomic E-state index is 0.0157. The van der Waals surface area contributed by atoms with E-state index in [2.05, 4.69) is 14.7 Å². The van der Waals surface area contributed by atoms with Crippen molar-refractivity contribution in [2.24, 2.45) is 0 Å². The molecule has 0 bridgehead atoms. The number of aromatic amines is 1. The van der Waals surface area contributed by atoms with Gasteiger partial charge in [-0.2, -0.15) is 0 Å². The number of nitrogens with zero attached hydrogens (tertiary/aromatic N) is 1. The fourth-order valence-corrected chi connectivity index (χ4v) is 5.15. The molecule has 0 saturated heterocycles. The summed E-state index contributed by atoms with van der Waals surface area (Å²) in [6, 6.07) is 10.5. The number of alkyl halides is 3. The maximum Gasteiger partial charge on any atom is 0.573 e. The highest BCUT2D eigenvalue weighted by atomic mass is 35.5. The molecule has 0 saturated carbocycles. The molecule has 5 nitrogen and oxygen atoms in total. The number of imidazole rings is 1. The number of sulfone groups is 1. The zero-order chi connectivity index (χ0) is 25.5. The van der Waals surface area contributed by atoms with Crippen molar-refractivity contribution in [3.63, 3.8) is 0 Å². The number of nitrogens with one attached hydrogen (secondary N) is 1. The molecule has 0 aliphatic carbocycles. The smallest absolute Gasteiger partial charge is 0.405 e. The minimum atomic E-state index is -4.92. The lowest BCUT2D eigenvalue weighted by Crippen LogP contribution is -2.17. The number of fused-ring (bicyclic) bond motifs is 1. The van der Waals surface area contributed by atoms with Crippen molar-refractivity contribution in [2.45, 2.75) is 24.6 Å². The molecule has 3 aromatic carbocycles. The van der Waals surface area contributed by atoms with Crippen LogP contribution in [0.1, 0.15) is 18.3 Å². The zero-order valence-corrected chi connectivity index (χ0v) is 20.2. The quantitative estimate of drug-likeness (QED) is 0.265. The largest absolute Gasteiger partial charge is 0.573 e. The van der Waals surface area contributed by atoms with Gasteiger partial charge >= 0.3 is 6.36 Å². The van der Waals surface area contributed by atoms with Gasteiger partial charge in [-0.1, -0.05) is 54.4 Å². The number of para-hydroxylation sites is 1. The second-order valence-corrected chi connectivity index (χ2v) is 10.6. The highest BCUT2D eigenvalue weighted by Gasteiger charge is 2.33. The van der Waals surface area contributed by atoms with E-state index in [1.165, 1.54) is 43.3 Å². The highest BCUT2D eigenvalue weighted by molar-refractivity contribution is 7.91. The third-order valence-corrected chi connectivity index (χ3v) is 7.62. The van der Waals surface area contributed by atoms with E-state index in [0.29, 0.717) is 11.3 Å². The summed E-state index contributed by atoms with van der Waals surface area (Å²) in [6.07, 6.45) is -4.95. The average Bonchev–Trinajstić information content (AvgIpc) is 3.17. The Kier molecular flexibility index (Phi) is 6.74. The second-order valence-electron chi connectivity index (χ2n) is 7.50. The maximum atomic E-state index is 14.6. The van der Waals surface area contributed by atoms with Crippen LogP contribution in [0.3, 0.4) is 0 Å². The van der Waals surface area contributed by atoms with Crippen molar-refractivity contribution in [3.8, 4) is 16.9 Å². The average molecular weight is 547 g/mol. The van der Waals surface area contributed by atoms with Gasteiger partial charge in [0.15, 0.2) is 9.84 Å². The molecule has 0 fully saturated rings. The number of hydrogen-bond acceptors (Lipinski definition) is 4. The molecular weight excluding hydrogens is 531 g/mol. The number of benzene rings is 3.